The molecule has 9 nitrogen and oxygen atoms in total. The van der Waals surface area contributed by atoms with Crippen molar-refractivity contribution in [2.45, 2.75) is 44.2 Å². The number of aromatic nitrogens is 2. The van der Waals surface area contributed by atoms with Gasteiger partial charge in [0, 0.05) is 45.3 Å². The van der Waals surface area contributed by atoms with Gasteiger partial charge in [-0.05, 0) is 33.6 Å². The Morgan fingerprint density at radius 2 is 1.70 bits per heavy atom. The fraction of sp³-hybridized carbons (Fsp3) is 0.706. The minimum absolute atomic E-state index is 0.0172. The van der Waals surface area contributed by atoms with Crippen molar-refractivity contribution in [1.82, 2.24) is 19.4 Å². The molecule has 27 heavy (non-hydrogen) atoms. The topological polar surface area (TPSA) is 95.9 Å². The molecule has 3 rings (SSSR count). The molecule has 0 saturated carbocycles. The number of hydrogen-bond donors (Lipinski definition) is 0. The fourth-order valence-corrected chi connectivity index (χ4v) is 4.59. The van der Waals surface area contributed by atoms with Crippen LogP contribution in [0.3, 0.4) is 0 Å². The van der Waals surface area contributed by atoms with Crippen molar-refractivity contribution in [3.63, 3.8) is 0 Å². The summed E-state index contributed by atoms with van der Waals surface area (Å²) in [5.41, 5.74) is 0.175. The first-order chi connectivity index (χ1) is 12.7. The predicted octanol–water partition coefficient (Wildman–Crippen LogP) is 1.32. The number of nitrogens with zero attached hydrogens (tertiary/aromatic N) is 5. The molecule has 0 bridgehead atoms. The van der Waals surface area contributed by atoms with Crippen LogP contribution in [0.5, 0.6) is 0 Å². The molecule has 150 valence electrons. The van der Waals surface area contributed by atoms with Crippen molar-refractivity contribution in [3.8, 4) is 0 Å². The standard InChI is InChI=1S/C17H27N5O4S/c1-17(2,3)26-16(23)21-10-8-20(9-11-21)14-12-15(19-18-13-14)27(24,25)22-6-4-5-7-22/h12-13H,4-11H2,1-3H3. The number of sulfonamides is 1. The van der Waals surface area contributed by atoms with E-state index in [0.717, 1.165) is 12.8 Å². The average molecular weight is 398 g/mol. The first-order valence-electron chi connectivity index (χ1n) is 9.22. The summed E-state index contributed by atoms with van der Waals surface area (Å²) in [4.78, 5) is 15.8. The molecule has 0 aliphatic carbocycles. The average Bonchev–Trinajstić information content (AvgIpc) is 3.16. The van der Waals surface area contributed by atoms with Gasteiger partial charge in [-0.15, -0.1) is 5.10 Å². The van der Waals surface area contributed by atoms with Crippen LogP contribution < -0.4 is 4.90 Å². The Morgan fingerprint density at radius 1 is 1.07 bits per heavy atom. The minimum atomic E-state index is -3.60. The molecule has 1 aromatic heterocycles. The SMILES string of the molecule is CC(C)(C)OC(=O)N1CCN(c2cnnc(S(=O)(=O)N3CCCC3)c2)CC1. The number of hydrogen-bond acceptors (Lipinski definition) is 7. The molecule has 10 heteroatoms. The molecular formula is C17H27N5O4S. The number of carbonyl (C=O) groups is 1. The summed E-state index contributed by atoms with van der Waals surface area (Å²) in [5.74, 6) is 0. The second kappa shape index (κ2) is 7.59. The smallest absolute Gasteiger partial charge is 0.410 e. The molecule has 0 spiro atoms. The normalized spacial score (nSPS) is 19.4. The van der Waals surface area contributed by atoms with Crippen LogP contribution in [0.25, 0.3) is 0 Å². The maximum Gasteiger partial charge on any atom is 0.410 e. The summed E-state index contributed by atoms with van der Waals surface area (Å²) in [6, 6.07) is 1.57. The first-order valence-corrected chi connectivity index (χ1v) is 10.7. The molecule has 0 aromatic carbocycles. The lowest BCUT2D eigenvalue weighted by Gasteiger charge is -2.36. The quantitative estimate of drug-likeness (QED) is 0.759. The number of anilines is 1. The second-order valence-electron chi connectivity index (χ2n) is 7.82. The van der Waals surface area contributed by atoms with E-state index in [1.807, 2.05) is 25.7 Å². The lowest BCUT2D eigenvalue weighted by atomic mass is 10.2. The van der Waals surface area contributed by atoms with E-state index < -0.39 is 15.6 Å². The molecular weight excluding hydrogens is 370 g/mol. The van der Waals surface area contributed by atoms with Crippen molar-refractivity contribution in [2.24, 2.45) is 0 Å². The molecule has 2 aliphatic rings. The molecule has 2 aliphatic heterocycles. The van der Waals surface area contributed by atoms with Gasteiger partial charge in [-0.25, -0.2) is 13.2 Å². The maximum absolute atomic E-state index is 12.7. The number of amides is 1. The highest BCUT2D eigenvalue weighted by atomic mass is 32.2. The van der Waals surface area contributed by atoms with Gasteiger partial charge >= 0.3 is 6.09 Å². The predicted molar refractivity (Wildman–Crippen MR) is 100 cm³/mol. The van der Waals surface area contributed by atoms with E-state index in [1.165, 1.54) is 4.31 Å². The largest absolute Gasteiger partial charge is 0.444 e. The van der Waals surface area contributed by atoms with Crippen LogP contribution >= 0.6 is 0 Å². The number of piperazine rings is 1. The van der Waals surface area contributed by atoms with Gasteiger partial charge in [0.05, 0.1) is 11.9 Å². The van der Waals surface area contributed by atoms with E-state index in [0.29, 0.717) is 45.0 Å². The van der Waals surface area contributed by atoms with Crippen LogP contribution in [0, 0.1) is 0 Å². The van der Waals surface area contributed by atoms with Gasteiger partial charge in [0.1, 0.15) is 5.60 Å². The van der Waals surface area contributed by atoms with Gasteiger partial charge in [-0.2, -0.15) is 9.40 Å². The molecule has 1 aromatic rings. The van der Waals surface area contributed by atoms with Crippen LogP contribution in [0.4, 0.5) is 10.5 Å². The fourth-order valence-electron chi connectivity index (χ4n) is 3.17. The van der Waals surface area contributed by atoms with Crippen LogP contribution in [-0.2, 0) is 14.8 Å². The molecule has 0 unspecified atom stereocenters. The Labute approximate surface area is 160 Å². The third-order valence-electron chi connectivity index (χ3n) is 4.58. The summed E-state index contributed by atoms with van der Waals surface area (Å²) in [6.07, 6.45) is 2.98. The van der Waals surface area contributed by atoms with Gasteiger partial charge in [-0.3, -0.25) is 0 Å². The zero-order chi connectivity index (χ0) is 19.7. The van der Waals surface area contributed by atoms with Gasteiger partial charge in [0.2, 0.25) is 0 Å². The van der Waals surface area contributed by atoms with Gasteiger partial charge in [0.15, 0.2) is 5.03 Å². The third kappa shape index (κ3) is 4.67. The summed E-state index contributed by atoms with van der Waals surface area (Å²) < 4.78 is 32.2. The number of rotatable bonds is 3. The molecule has 3 heterocycles. The zero-order valence-electron chi connectivity index (χ0n) is 16.1. The molecule has 2 saturated heterocycles. The molecule has 2 fully saturated rings. The highest BCUT2D eigenvalue weighted by Crippen LogP contribution is 2.23. The van der Waals surface area contributed by atoms with Crippen LogP contribution in [0.1, 0.15) is 33.6 Å². The van der Waals surface area contributed by atoms with Crippen molar-refractivity contribution in [1.29, 1.82) is 0 Å². The Hall–Kier alpha value is -1.94. The maximum atomic E-state index is 12.7. The zero-order valence-corrected chi connectivity index (χ0v) is 16.9. The Kier molecular flexibility index (Phi) is 5.57. The number of ether oxygens (including phenoxy) is 1. The van der Waals surface area contributed by atoms with Crippen LogP contribution in [0.2, 0.25) is 0 Å². The third-order valence-corrected chi connectivity index (χ3v) is 6.36. The van der Waals surface area contributed by atoms with Gasteiger partial charge < -0.3 is 14.5 Å². The summed E-state index contributed by atoms with van der Waals surface area (Å²) in [7, 11) is -3.60. The van der Waals surface area contributed by atoms with Crippen molar-refractivity contribution in [2.75, 3.05) is 44.2 Å². The van der Waals surface area contributed by atoms with Crippen LogP contribution in [0.15, 0.2) is 17.3 Å². The summed E-state index contributed by atoms with van der Waals surface area (Å²) in [5, 5.41) is 7.72. The number of carbonyl (C=O) groups excluding carboxylic acids is 1. The van der Waals surface area contributed by atoms with E-state index in [2.05, 4.69) is 10.2 Å². The molecule has 0 atom stereocenters. The van der Waals surface area contributed by atoms with Crippen molar-refractivity contribution in [3.05, 3.63) is 12.3 Å². The first kappa shape index (κ1) is 19.8. The highest BCUT2D eigenvalue weighted by molar-refractivity contribution is 7.89. The second-order valence-corrected chi connectivity index (χ2v) is 9.70. The molecule has 1 amide bonds. The van der Waals surface area contributed by atoms with E-state index in [9.17, 15) is 13.2 Å². The minimum Gasteiger partial charge on any atom is -0.444 e. The van der Waals surface area contributed by atoms with Crippen molar-refractivity contribution < 1.29 is 17.9 Å². The summed E-state index contributed by atoms with van der Waals surface area (Å²) in [6.45, 7) is 8.75. The lowest BCUT2D eigenvalue weighted by Crippen LogP contribution is -2.50. The Balaban J connectivity index is 1.66. The van der Waals surface area contributed by atoms with E-state index in [4.69, 9.17) is 4.74 Å². The van der Waals surface area contributed by atoms with E-state index >= 15 is 0 Å². The summed E-state index contributed by atoms with van der Waals surface area (Å²) >= 11 is 0. The Morgan fingerprint density at radius 3 is 2.30 bits per heavy atom. The molecule has 0 radical (unpaired) electrons. The van der Waals surface area contributed by atoms with Crippen molar-refractivity contribution >= 4 is 21.8 Å². The molecule has 0 N–H and O–H groups in total. The van der Waals surface area contributed by atoms with E-state index in [1.54, 1.807) is 17.2 Å². The van der Waals surface area contributed by atoms with Gasteiger partial charge in [-0.1, -0.05) is 0 Å². The monoisotopic (exact) mass is 397 g/mol. The van der Waals surface area contributed by atoms with E-state index in [-0.39, 0.29) is 11.1 Å². The Bertz CT molecular complexity index is 779. The lowest BCUT2D eigenvalue weighted by molar-refractivity contribution is 0.0240. The van der Waals surface area contributed by atoms with Crippen LogP contribution in [-0.4, -0.2) is 78.8 Å². The van der Waals surface area contributed by atoms with Gasteiger partial charge in [0.25, 0.3) is 10.0 Å². The highest BCUT2D eigenvalue weighted by Gasteiger charge is 2.30.